The number of nitriles is 1. The van der Waals surface area contributed by atoms with Crippen molar-refractivity contribution < 1.29 is 4.74 Å². The molecule has 0 spiro atoms. The summed E-state index contributed by atoms with van der Waals surface area (Å²) in [5.74, 6) is 0.731. The van der Waals surface area contributed by atoms with Gasteiger partial charge in [-0.25, -0.2) is 4.98 Å². The Bertz CT molecular complexity index is 601. The molecule has 1 N–H and O–H groups in total. The van der Waals surface area contributed by atoms with E-state index < -0.39 is 0 Å². The Morgan fingerprint density at radius 2 is 2.32 bits per heavy atom. The van der Waals surface area contributed by atoms with Gasteiger partial charge < -0.3 is 10.1 Å². The van der Waals surface area contributed by atoms with Gasteiger partial charge in [0.15, 0.2) is 0 Å². The molecule has 98 valence electrons. The minimum absolute atomic E-state index is 0.605. The van der Waals surface area contributed by atoms with Crippen LogP contribution in [0.25, 0.3) is 0 Å². The highest BCUT2D eigenvalue weighted by atomic mass is 32.1. The highest BCUT2D eigenvalue weighted by molar-refractivity contribution is 7.11. The topological polar surface area (TPSA) is 57.9 Å². The standard InChI is InChI=1S/C14H15N3OS/c1-3-12-8-17-14(19-12)9-16-13-6-11(18-2)5-4-10(13)7-15/h4-6,8,16H,3,9H2,1-2H3. The maximum atomic E-state index is 9.08. The lowest BCUT2D eigenvalue weighted by Crippen LogP contribution is -2.01. The molecule has 5 heteroatoms. The molecule has 0 aliphatic heterocycles. The third kappa shape index (κ3) is 3.24. The fourth-order valence-corrected chi connectivity index (χ4v) is 2.46. The first kappa shape index (κ1) is 13.4. The fourth-order valence-electron chi connectivity index (χ4n) is 1.66. The third-order valence-electron chi connectivity index (χ3n) is 2.73. The first-order valence-corrected chi connectivity index (χ1v) is 6.84. The van der Waals surface area contributed by atoms with Crippen LogP contribution in [0.3, 0.4) is 0 Å². The molecule has 0 fully saturated rings. The summed E-state index contributed by atoms with van der Waals surface area (Å²) < 4.78 is 5.17. The number of ether oxygens (including phenoxy) is 1. The van der Waals surface area contributed by atoms with E-state index in [0.717, 1.165) is 22.9 Å². The number of thiazole rings is 1. The van der Waals surface area contributed by atoms with Crippen LogP contribution in [0.15, 0.2) is 24.4 Å². The SMILES string of the molecule is CCc1cnc(CNc2cc(OC)ccc2C#N)s1. The average molecular weight is 273 g/mol. The molecule has 1 heterocycles. The van der Waals surface area contributed by atoms with Crippen LogP contribution >= 0.6 is 11.3 Å². The van der Waals surface area contributed by atoms with Crippen molar-refractivity contribution in [3.05, 3.63) is 39.8 Å². The molecule has 0 radical (unpaired) electrons. The van der Waals surface area contributed by atoms with Gasteiger partial charge in [0.25, 0.3) is 0 Å². The Balaban J connectivity index is 2.12. The number of nitrogens with one attached hydrogen (secondary N) is 1. The van der Waals surface area contributed by atoms with Crippen molar-refractivity contribution in [1.82, 2.24) is 4.98 Å². The maximum absolute atomic E-state index is 9.08. The zero-order valence-electron chi connectivity index (χ0n) is 10.9. The second-order valence-corrected chi connectivity index (χ2v) is 5.15. The average Bonchev–Trinajstić information content (AvgIpc) is 2.92. The minimum Gasteiger partial charge on any atom is -0.497 e. The summed E-state index contributed by atoms with van der Waals surface area (Å²) in [6.07, 6.45) is 2.90. The Morgan fingerprint density at radius 1 is 1.47 bits per heavy atom. The van der Waals surface area contributed by atoms with Crippen LogP contribution in [0.1, 0.15) is 22.4 Å². The molecule has 0 bridgehead atoms. The van der Waals surface area contributed by atoms with Crippen molar-refractivity contribution in [2.45, 2.75) is 19.9 Å². The second-order valence-electron chi connectivity index (χ2n) is 3.95. The maximum Gasteiger partial charge on any atom is 0.121 e. The Labute approximate surface area is 116 Å². The van der Waals surface area contributed by atoms with Gasteiger partial charge in [-0.15, -0.1) is 11.3 Å². The quantitative estimate of drug-likeness (QED) is 0.909. The summed E-state index contributed by atoms with van der Waals surface area (Å²) in [7, 11) is 1.61. The van der Waals surface area contributed by atoms with Gasteiger partial charge in [0.2, 0.25) is 0 Å². The van der Waals surface area contributed by atoms with E-state index >= 15 is 0 Å². The molecule has 0 saturated heterocycles. The molecular weight excluding hydrogens is 258 g/mol. The van der Waals surface area contributed by atoms with Crippen LogP contribution < -0.4 is 10.1 Å². The summed E-state index contributed by atoms with van der Waals surface area (Å²) in [6.45, 7) is 2.73. The van der Waals surface area contributed by atoms with Gasteiger partial charge in [0.05, 0.1) is 24.9 Å². The summed E-state index contributed by atoms with van der Waals surface area (Å²) in [6, 6.07) is 7.52. The van der Waals surface area contributed by atoms with Crippen molar-refractivity contribution in [2.24, 2.45) is 0 Å². The molecule has 0 amide bonds. The number of methoxy groups -OCH3 is 1. The van der Waals surface area contributed by atoms with Crippen molar-refractivity contribution in [3.8, 4) is 11.8 Å². The highest BCUT2D eigenvalue weighted by Crippen LogP contribution is 2.23. The monoisotopic (exact) mass is 273 g/mol. The molecule has 19 heavy (non-hydrogen) atoms. The van der Waals surface area contributed by atoms with Crippen molar-refractivity contribution in [3.63, 3.8) is 0 Å². The number of benzene rings is 1. The predicted octanol–water partition coefficient (Wildman–Crippen LogP) is 3.20. The summed E-state index contributed by atoms with van der Waals surface area (Å²) in [5, 5.41) is 13.3. The molecule has 2 aromatic rings. The lowest BCUT2D eigenvalue weighted by molar-refractivity contribution is 0.415. The fraction of sp³-hybridized carbons (Fsp3) is 0.286. The number of rotatable bonds is 5. The van der Waals surface area contributed by atoms with Crippen molar-refractivity contribution >= 4 is 17.0 Å². The first-order valence-electron chi connectivity index (χ1n) is 6.02. The van der Waals surface area contributed by atoms with Gasteiger partial charge in [-0.2, -0.15) is 5.26 Å². The third-order valence-corrected chi connectivity index (χ3v) is 3.87. The van der Waals surface area contributed by atoms with E-state index in [9.17, 15) is 0 Å². The molecule has 0 saturated carbocycles. The zero-order valence-corrected chi connectivity index (χ0v) is 11.8. The van der Waals surface area contributed by atoms with E-state index in [-0.39, 0.29) is 0 Å². The summed E-state index contributed by atoms with van der Waals surface area (Å²) in [5.41, 5.74) is 1.38. The summed E-state index contributed by atoms with van der Waals surface area (Å²) in [4.78, 5) is 5.61. The smallest absolute Gasteiger partial charge is 0.121 e. The number of hydrogen-bond donors (Lipinski definition) is 1. The predicted molar refractivity (Wildman–Crippen MR) is 76.5 cm³/mol. The lowest BCUT2D eigenvalue weighted by Gasteiger charge is -2.08. The molecule has 4 nitrogen and oxygen atoms in total. The van der Waals surface area contributed by atoms with Gasteiger partial charge in [-0.05, 0) is 18.6 Å². The molecule has 1 aromatic carbocycles. The first-order chi connectivity index (χ1) is 9.26. The number of nitrogens with zero attached hydrogens (tertiary/aromatic N) is 2. The van der Waals surface area contributed by atoms with E-state index in [1.807, 2.05) is 12.3 Å². The highest BCUT2D eigenvalue weighted by Gasteiger charge is 2.05. The van der Waals surface area contributed by atoms with Crippen LogP contribution in [0.4, 0.5) is 5.69 Å². The Hall–Kier alpha value is -2.06. The van der Waals surface area contributed by atoms with Crippen LogP contribution in [0.2, 0.25) is 0 Å². The van der Waals surface area contributed by atoms with Gasteiger partial charge in [0, 0.05) is 17.1 Å². The van der Waals surface area contributed by atoms with Gasteiger partial charge >= 0.3 is 0 Å². The van der Waals surface area contributed by atoms with Crippen molar-refractivity contribution in [1.29, 1.82) is 5.26 Å². The number of aryl methyl sites for hydroxylation is 1. The molecule has 2 rings (SSSR count). The molecule has 0 unspecified atom stereocenters. The van der Waals surface area contributed by atoms with Crippen LogP contribution in [-0.2, 0) is 13.0 Å². The molecule has 1 aromatic heterocycles. The van der Waals surface area contributed by atoms with Crippen LogP contribution in [0, 0.1) is 11.3 Å². The minimum atomic E-state index is 0.605. The zero-order chi connectivity index (χ0) is 13.7. The van der Waals surface area contributed by atoms with Crippen LogP contribution in [-0.4, -0.2) is 12.1 Å². The largest absolute Gasteiger partial charge is 0.497 e. The Kier molecular flexibility index (Phi) is 4.37. The van der Waals surface area contributed by atoms with E-state index in [2.05, 4.69) is 23.3 Å². The second kappa shape index (κ2) is 6.21. The number of hydrogen-bond acceptors (Lipinski definition) is 5. The van der Waals surface area contributed by atoms with E-state index in [0.29, 0.717) is 12.1 Å². The number of anilines is 1. The lowest BCUT2D eigenvalue weighted by atomic mass is 10.2. The van der Waals surface area contributed by atoms with Crippen molar-refractivity contribution in [2.75, 3.05) is 12.4 Å². The van der Waals surface area contributed by atoms with Gasteiger partial charge in [-0.1, -0.05) is 6.92 Å². The van der Waals surface area contributed by atoms with Gasteiger partial charge in [0.1, 0.15) is 16.8 Å². The summed E-state index contributed by atoms with van der Waals surface area (Å²) >= 11 is 1.69. The van der Waals surface area contributed by atoms with Crippen LogP contribution in [0.5, 0.6) is 5.75 Å². The molecular formula is C14H15N3OS. The number of aromatic nitrogens is 1. The molecule has 0 aliphatic rings. The Morgan fingerprint density at radius 3 is 2.95 bits per heavy atom. The normalized spacial score (nSPS) is 9.95. The molecule has 0 atom stereocenters. The van der Waals surface area contributed by atoms with Gasteiger partial charge in [-0.3, -0.25) is 0 Å². The van der Waals surface area contributed by atoms with E-state index in [1.54, 1.807) is 30.6 Å². The van der Waals surface area contributed by atoms with E-state index in [1.165, 1.54) is 4.88 Å². The molecule has 0 aliphatic carbocycles. The van der Waals surface area contributed by atoms with E-state index in [4.69, 9.17) is 10.00 Å².